The lowest BCUT2D eigenvalue weighted by atomic mass is 9.88. The highest BCUT2D eigenvalue weighted by molar-refractivity contribution is 6.30. The summed E-state index contributed by atoms with van der Waals surface area (Å²) in [6.45, 7) is 1.51. The van der Waals surface area contributed by atoms with Crippen molar-refractivity contribution in [2.75, 3.05) is 18.4 Å². The average Bonchev–Trinajstić information content (AvgIpc) is 2.63. The van der Waals surface area contributed by atoms with Gasteiger partial charge >= 0.3 is 6.18 Å². The van der Waals surface area contributed by atoms with Crippen molar-refractivity contribution in [3.05, 3.63) is 46.7 Å². The minimum Gasteiger partial charge on any atom is -0.392 e. The molecule has 1 atom stereocenters. The molecular formula is C18H20ClF3N4O. The largest absolute Gasteiger partial charge is 0.433 e. The van der Waals surface area contributed by atoms with Crippen LogP contribution in [0.2, 0.25) is 5.02 Å². The maximum Gasteiger partial charge on any atom is 0.433 e. The highest BCUT2D eigenvalue weighted by Crippen LogP contribution is 2.33. The number of alkyl halides is 3. The minimum atomic E-state index is -4.64. The lowest BCUT2D eigenvalue weighted by Crippen LogP contribution is -2.35. The molecule has 0 aliphatic carbocycles. The number of piperidine rings is 1. The number of anilines is 2. The van der Waals surface area contributed by atoms with Gasteiger partial charge in [-0.25, -0.2) is 9.97 Å². The summed E-state index contributed by atoms with van der Waals surface area (Å²) >= 11 is 5.88. The van der Waals surface area contributed by atoms with Gasteiger partial charge in [0.1, 0.15) is 0 Å². The van der Waals surface area contributed by atoms with Crippen LogP contribution in [0.3, 0.4) is 0 Å². The second-order valence-corrected chi connectivity index (χ2v) is 7.00. The molecule has 0 saturated carbocycles. The molecule has 2 heterocycles. The van der Waals surface area contributed by atoms with Crippen molar-refractivity contribution in [3.8, 4) is 0 Å². The normalized spacial score (nSPS) is 16.9. The Balaban J connectivity index is 1.81. The number of aromatic nitrogens is 2. The van der Waals surface area contributed by atoms with Crippen LogP contribution >= 0.6 is 11.6 Å². The number of hydrogen-bond acceptors (Lipinski definition) is 5. The molecule has 1 aliphatic rings. The Morgan fingerprint density at radius 3 is 2.70 bits per heavy atom. The Morgan fingerprint density at radius 1 is 1.30 bits per heavy atom. The molecule has 146 valence electrons. The smallest absolute Gasteiger partial charge is 0.392 e. The first kappa shape index (κ1) is 19.9. The Hall–Kier alpha value is -1.90. The number of nitrogens with zero attached hydrogens (tertiary/aromatic N) is 2. The van der Waals surface area contributed by atoms with E-state index in [1.165, 1.54) is 0 Å². The molecule has 1 unspecified atom stereocenters. The van der Waals surface area contributed by atoms with E-state index in [9.17, 15) is 18.3 Å². The summed E-state index contributed by atoms with van der Waals surface area (Å²) in [6, 6.07) is 6.53. The molecule has 9 heteroatoms. The van der Waals surface area contributed by atoms with Gasteiger partial charge in [0.25, 0.3) is 0 Å². The Kier molecular flexibility index (Phi) is 6.18. The number of rotatable bonds is 5. The van der Waals surface area contributed by atoms with Gasteiger partial charge in [0.05, 0.1) is 6.10 Å². The van der Waals surface area contributed by atoms with Crippen LogP contribution in [0.15, 0.2) is 30.5 Å². The predicted molar refractivity (Wildman–Crippen MR) is 97.1 cm³/mol. The summed E-state index contributed by atoms with van der Waals surface area (Å²) < 4.78 is 40.5. The second kappa shape index (κ2) is 8.41. The van der Waals surface area contributed by atoms with Crippen molar-refractivity contribution in [1.29, 1.82) is 0 Å². The summed E-state index contributed by atoms with van der Waals surface area (Å²) in [6.07, 6.45) is -3.03. The van der Waals surface area contributed by atoms with Crippen LogP contribution in [0.5, 0.6) is 0 Å². The zero-order valence-electron chi connectivity index (χ0n) is 14.4. The average molecular weight is 401 g/mol. The third-order valence-electron chi connectivity index (χ3n) is 4.57. The SMILES string of the molecule is OC(Cc1cnc(Nc2cccc(Cl)c2)nc1C(F)(F)F)C1CCNCC1. The molecule has 3 rings (SSSR count). The Morgan fingerprint density at radius 2 is 2.04 bits per heavy atom. The van der Waals surface area contributed by atoms with Gasteiger partial charge in [-0.15, -0.1) is 0 Å². The van der Waals surface area contributed by atoms with Crippen LogP contribution in [0.25, 0.3) is 0 Å². The monoisotopic (exact) mass is 400 g/mol. The third kappa shape index (κ3) is 5.31. The van der Waals surface area contributed by atoms with Crippen molar-refractivity contribution >= 4 is 23.2 Å². The van der Waals surface area contributed by atoms with Crippen molar-refractivity contribution in [2.24, 2.45) is 5.92 Å². The van der Waals surface area contributed by atoms with Gasteiger partial charge in [-0.05, 0) is 50.0 Å². The van der Waals surface area contributed by atoms with Gasteiger partial charge in [0, 0.05) is 28.9 Å². The van der Waals surface area contributed by atoms with Gasteiger partial charge < -0.3 is 15.7 Å². The van der Waals surface area contributed by atoms with Crippen LogP contribution in [0, 0.1) is 5.92 Å². The summed E-state index contributed by atoms with van der Waals surface area (Å²) in [7, 11) is 0. The van der Waals surface area contributed by atoms with E-state index in [2.05, 4.69) is 20.6 Å². The van der Waals surface area contributed by atoms with Crippen LogP contribution in [0.1, 0.15) is 24.1 Å². The van der Waals surface area contributed by atoms with E-state index in [1.807, 2.05) is 0 Å². The quantitative estimate of drug-likeness (QED) is 0.712. The molecule has 27 heavy (non-hydrogen) atoms. The molecule has 1 aromatic carbocycles. The number of nitrogens with one attached hydrogen (secondary N) is 2. The maximum absolute atomic E-state index is 13.5. The van der Waals surface area contributed by atoms with Crippen molar-refractivity contribution in [1.82, 2.24) is 15.3 Å². The molecule has 1 aromatic heterocycles. The van der Waals surface area contributed by atoms with Crippen LogP contribution in [-0.4, -0.2) is 34.3 Å². The second-order valence-electron chi connectivity index (χ2n) is 6.56. The summed E-state index contributed by atoms with van der Waals surface area (Å²) in [4.78, 5) is 7.64. The summed E-state index contributed by atoms with van der Waals surface area (Å²) in [5, 5.41) is 16.7. The van der Waals surface area contributed by atoms with Gasteiger partial charge in [0.15, 0.2) is 5.69 Å². The fourth-order valence-corrected chi connectivity index (χ4v) is 3.37. The standard InChI is InChI=1S/C18H20ClF3N4O/c19-13-2-1-3-14(9-13)25-17-24-10-12(16(26-17)18(20,21)22)8-15(27)11-4-6-23-7-5-11/h1-3,9-11,15,23,27H,4-8H2,(H,24,25,26). The molecule has 0 bridgehead atoms. The van der Waals surface area contributed by atoms with E-state index >= 15 is 0 Å². The number of halogens is 4. The Labute approximate surface area is 160 Å². The van der Waals surface area contributed by atoms with Gasteiger partial charge in [-0.1, -0.05) is 17.7 Å². The number of benzene rings is 1. The van der Waals surface area contributed by atoms with Gasteiger partial charge in [-0.2, -0.15) is 13.2 Å². The lowest BCUT2D eigenvalue weighted by Gasteiger charge is -2.27. The molecule has 5 nitrogen and oxygen atoms in total. The van der Waals surface area contributed by atoms with Crippen LogP contribution < -0.4 is 10.6 Å². The first-order valence-corrected chi connectivity index (χ1v) is 9.05. The molecule has 1 fully saturated rings. The zero-order chi connectivity index (χ0) is 19.4. The molecular weight excluding hydrogens is 381 g/mol. The van der Waals surface area contributed by atoms with Crippen LogP contribution in [-0.2, 0) is 12.6 Å². The molecule has 0 radical (unpaired) electrons. The Bertz CT molecular complexity index is 781. The van der Waals surface area contributed by atoms with Crippen molar-refractivity contribution in [3.63, 3.8) is 0 Å². The zero-order valence-corrected chi connectivity index (χ0v) is 15.2. The summed E-state index contributed by atoms with van der Waals surface area (Å²) in [5.41, 5.74) is -0.654. The van der Waals surface area contributed by atoms with E-state index in [0.717, 1.165) is 32.1 Å². The fourth-order valence-electron chi connectivity index (χ4n) is 3.18. The van der Waals surface area contributed by atoms with Crippen molar-refractivity contribution < 1.29 is 18.3 Å². The lowest BCUT2D eigenvalue weighted by molar-refractivity contribution is -0.142. The van der Waals surface area contributed by atoms with E-state index < -0.39 is 18.0 Å². The first-order chi connectivity index (χ1) is 12.8. The van der Waals surface area contributed by atoms with E-state index in [0.29, 0.717) is 10.7 Å². The molecule has 3 N–H and O–H groups in total. The van der Waals surface area contributed by atoms with Crippen LogP contribution in [0.4, 0.5) is 24.8 Å². The molecule has 0 amide bonds. The summed E-state index contributed by atoms with van der Waals surface area (Å²) in [5.74, 6) is -0.207. The van der Waals surface area contributed by atoms with Gasteiger partial charge in [-0.3, -0.25) is 0 Å². The van der Waals surface area contributed by atoms with Crippen molar-refractivity contribution in [2.45, 2.75) is 31.5 Å². The van der Waals surface area contributed by atoms with E-state index in [4.69, 9.17) is 11.6 Å². The van der Waals surface area contributed by atoms with E-state index in [-0.39, 0.29) is 23.9 Å². The van der Waals surface area contributed by atoms with E-state index in [1.54, 1.807) is 24.3 Å². The minimum absolute atomic E-state index is 0.0309. The number of aliphatic hydroxyl groups excluding tert-OH is 1. The molecule has 1 saturated heterocycles. The number of aliphatic hydroxyl groups is 1. The maximum atomic E-state index is 13.5. The number of hydrogen-bond donors (Lipinski definition) is 3. The molecule has 2 aromatic rings. The first-order valence-electron chi connectivity index (χ1n) is 8.67. The molecule has 1 aliphatic heterocycles. The third-order valence-corrected chi connectivity index (χ3v) is 4.81. The molecule has 0 spiro atoms. The highest BCUT2D eigenvalue weighted by Gasteiger charge is 2.37. The topological polar surface area (TPSA) is 70.1 Å². The highest BCUT2D eigenvalue weighted by atomic mass is 35.5. The van der Waals surface area contributed by atoms with Gasteiger partial charge in [0.2, 0.25) is 5.95 Å². The predicted octanol–water partition coefficient (Wildman–Crippen LogP) is 3.80. The fraction of sp³-hybridized carbons (Fsp3) is 0.444.